The molecule has 0 radical (unpaired) electrons. The molecule has 1 aromatic rings. The van der Waals surface area contributed by atoms with Crippen LogP contribution in [0.15, 0.2) is 0 Å². The minimum atomic E-state index is 0.0722. The molecule has 0 aromatic carbocycles. The van der Waals surface area contributed by atoms with Crippen LogP contribution in [0.5, 0.6) is 0 Å². The van der Waals surface area contributed by atoms with Gasteiger partial charge in [-0.3, -0.25) is 4.79 Å². The summed E-state index contributed by atoms with van der Waals surface area (Å²) in [6, 6.07) is 1.00. The average molecular weight is 333 g/mol. The summed E-state index contributed by atoms with van der Waals surface area (Å²) in [5.41, 5.74) is 1.48. The quantitative estimate of drug-likeness (QED) is 0.869. The molecular formula is C18H31N5O. The maximum Gasteiger partial charge on any atom is 0.276 e. The number of aromatic nitrogens is 3. The van der Waals surface area contributed by atoms with E-state index >= 15 is 0 Å². The van der Waals surface area contributed by atoms with Crippen molar-refractivity contribution >= 4 is 5.91 Å². The molecule has 2 fully saturated rings. The molecule has 6 nitrogen and oxygen atoms in total. The largest absolute Gasteiger partial charge is 0.331 e. The van der Waals surface area contributed by atoms with Crippen molar-refractivity contribution < 1.29 is 4.79 Å². The van der Waals surface area contributed by atoms with E-state index in [1.807, 2.05) is 11.6 Å². The third-order valence-electron chi connectivity index (χ3n) is 5.87. The van der Waals surface area contributed by atoms with Gasteiger partial charge in [-0.2, -0.15) is 0 Å². The Morgan fingerprint density at radius 1 is 1.29 bits per heavy atom. The van der Waals surface area contributed by atoms with Gasteiger partial charge >= 0.3 is 0 Å². The number of amides is 1. The van der Waals surface area contributed by atoms with E-state index < -0.39 is 0 Å². The second-order valence-electron chi connectivity index (χ2n) is 7.52. The molecule has 0 spiro atoms. The minimum Gasteiger partial charge on any atom is -0.331 e. The Morgan fingerprint density at radius 3 is 2.54 bits per heavy atom. The zero-order valence-corrected chi connectivity index (χ0v) is 15.5. The van der Waals surface area contributed by atoms with Gasteiger partial charge in [-0.1, -0.05) is 25.5 Å². The van der Waals surface area contributed by atoms with E-state index in [1.54, 1.807) is 0 Å². The van der Waals surface area contributed by atoms with Crippen molar-refractivity contribution in [1.29, 1.82) is 0 Å². The van der Waals surface area contributed by atoms with Crippen LogP contribution in [0.25, 0.3) is 0 Å². The fraction of sp³-hybridized carbons (Fsp3) is 0.833. The first-order valence-corrected chi connectivity index (χ1v) is 9.49. The Kier molecular flexibility index (Phi) is 5.23. The monoisotopic (exact) mass is 333 g/mol. The lowest BCUT2D eigenvalue weighted by Gasteiger charge is -2.33. The predicted molar refractivity (Wildman–Crippen MR) is 94.0 cm³/mol. The van der Waals surface area contributed by atoms with Gasteiger partial charge in [-0.25, -0.2) is 4.68 Å². The lowest BCUT2D eigenvalue weighted by molar-refractivity contribution is 0.0608. The van der Waals surface area contributed by atoms with Crippen molar-refractivity contribution in [3.05, 3.63) is 11.4 Å². The molecule has 24 heavy (non-hydrogen) atoms. The first-order valence-electron chi connectivity index (χ1n) is 9.49. The molecule has 3 rings (SSSR count). The van der Waals surface area contributed by atoms with Crippen molar-refractivity contribution in [1.82, 2.24) is 25.2 Å². The molecule has 2 heterocycles. The molecule has 1 aromatic heterocycles. The van der Waals surface area contributed by atoms with Gasteiger partial charge in [-0.15, -0.1) is 5.10 Å². The van der Waals surface area contributed by atoms with Crippen LogP contribution in [0, 0.1) is 12.8 Å². The Morgan fingerprint density at radius 2 is 1.96 bits per heavy atom. The summed E-state index contributed by atoms with van der Waals surface area (Å²) in [4.78, 5) is 15.3. The van der Waals surface area contributed by atoms with Gasteiger partial charge in [0.15, 0.2) is 5.69 Å². The second-order valence-corrected chi connectivity index (χ2v) is 7.52. The molecule has 6 heteroatoms. The fourth-order valence-corrected chi connectivity index (χ4v) is 3.71. The average Bonchev–Trinajstić information content (AvgIpc) is 3.36. The van der Waals surface area contributed by atoms with E-state index in [4.69, 9.17) is 0 Å². The number of hydrogen-bond acceptors (Lipinski definition) is 4. The number of nitrogens with zero attached hydrogens (tertiary/aromatic N) is 4. The Bertz CT molecular complexity index is 574. The smallest absolute Gasteiger partial charge is 0.276 e. The number of carbonyl (C=O) groups is 1. The van der Waals surface area contributed by atoms with Gasteiger partial charge in [0.2, 0.25) is 0 Å². The van der Waals surface area contributed by atoms with E-state index in [9.17, 15) is 4.79 Å². The van der Waals surface area contributed by atoms with Gasteiger partial charge in [0.1, 0.15) is 0 Å². The van der Waals surface area contributed by atoms with Crippen molar-refractivity contribution in [3.8, 4) is 0 Å². The van der Waals surface area contributed by atoms with Gasteiger partial charge in [0.25, 0.3) is 5.91 Å². The van der Waals surface area contributed by atoms with Crippen LogP contribution in [-0.2, 0) is 0 Å². The van der Waals surface area contributed by atoms with Crippen molar-refractivity contribution in [2.45, 2.75) is 77.9 Å². The lowest BCUT2D eigenvalue weighted by atomic mass is 9.98. The normalized spacial score (nSPS) is 21.5. The molecule has 2 atom stereocenters. The number of rotatable bonds is 6. The summed E-state index contributed by atoms with van der Waals surface area (Å²) in [5.74, 6) is 0.567. The first kappa shape index (κ1) is 17.4. The Labute approximate surface area is 145 Å². The molecule has 134 valence electrons. The van der Waals surface area contributed by atoms with E-state index in [0.717, 1.165) is 50.9 Å². The van der Waals surface area contributed by atoms with E-state index in [1.165, 1.54) is 0 Å². The molecule has 2 unspecified atom stereocenters. The van der Waals surface area contributed by atoms with Crippen LogP contribution in [-0.4, -0.2) is 51.0 Å². The lowest BCUT2D eigenvalue weighted by Crippen LogP contribution is -2.44. The van der Waals surface area contributed by atoms with Crippen LogP contribution in [0.3, 0.4) is 0 Å². The van der Waals surface area contributed by atoms with Gasteiger partial charge in [-0.05, 0) is 58.5 Å². The standard InChI is InChI=1S/C18H31N5O/c1-5-12(2)13(3)22(15-6-7-15)18(24)17-14(4)23(21-20-17)16-8-10-19-11-9-16/h12-13,15-16,19H,5-11H2,1-4H3. The molecule has 1 amide bonds. The molecule has 1 saturated carbocycles. The molecule has 2 aliphatic rings. The predicted octanol–water partition coefficient (Wildman–Crippen LogP) is 2.55. The highest BCUT2D eigenvalue weighted by atomic mass is 16.2. The number of carbonyl (C=O) groups excluding carboxylic acids is 1. The van der Waals surface area contributed by atoms with Gasteiger partial charge in [0.05, 0.1) is 11.7 Å². The summed E-state index contributed by atoms with van der Waals surface area (Å²) in [6.45, 7) is 10.6. The van der Waals surface area contributed by atoms with Crippen LogP contribution in [0.4, 0.5) is 0 Å². The second kappa shape index (κ2) is 7.21. The van der Waals surface area contributed by atoms with Crippen molar-refractivity contribution in [2.24, 2.45) is 5.92 Å². The van der Waals surface area contributed by atoms with Crippen LogP contribution < -0.4 is 5.32 Å². The molecule has 0 bridgehead atoms. The summed E-state index contributed by atoms with van der Waals surface area (Å²) < 4.78 is 1.98. The summed E-state index contributed by atoms with van der Waals surface area (Å²) >= 11 is 0. The Hall–Kier alpha value is -1.43. The summed E-state index contributed by atoms with van der Waals surface area (Å²) in [6.07, 6.45) is 5.42. The maximum absolute atomic E-state index is 13.2. The summed E-state index contributed by atoms with van der Waals surface area (Å²) in [5, 5.41) is 12.0. The maximum atomic E-state index is 13.2. The third-order valence-corrected chi connectivity index (χ3v) is 5.87. The van der Waals surface area contributed by atoms with Crippen LogP contribution in [0.2, 0.25) is 0 Å². The number of piperidine rings is 1. The molecule has 1 N–H and O–H groups in total. The minimum absolute atomic E-state index is 0.0722. The highest BCUT2D eigenvalue weighted by Crippen LogP contribution is 2.33. The SMILES string of the molecule is CCC(C)C(C)N(C(=O)c1nnn(C2CCNCC2)c1C)C1CC1. The topological polar surface area (TPSA) is 63.1 Å². The van der Waals surface area contributed by atoms with Crippen LogP contribution >= 0.6 is 0 Å². The highest BCUT2D eigenvalue weighted by Gasteiger charge is 2.39. The van der Waals surface area contributed by atoms with Crippen molar-refractivity contribution in [3.63, 3.8) is 0 Å². The molecule has 1 aliphatic heterocycles. The summed E-state index contributed by atoms with van der Waals surface area (Å²) in [7, 11) is 0. The fourth-order valence-electron chi connectivity index (χ4n) is 3.71. The van der Waals surface area contributed by atoms with Crippen molar-refractivity contribution in [2.75, 3.05) is 13.1 Å². The van der Waals surface area contributed by atoms with E-state index in [-0.39, 0.29) is 11.9 Å². The van der Waals surface area contributed by atoms with Gasteiger partial charge < -0.3 is 10.2 Å². The third kappa shape index (κ3) is 3.34. The molecule has 1 aliphatic carbocycles. The number of nitrogens with one attached hydrogen (secondary N) is 1. The molecule has 1 saturated heterocycles. The van der Waals surface area contributed by atoms with Gasteiger partial charge in [0, 0.05) is 12.1 Å². The first-order chi connectivity index (χ1) is 11.5. The zero-order chi connectivity index (χ0) is 17.3. The number of hydrogen-bond donors (Lipinski definition) is 1. The van der Waals surface area contributed by atoms with Crippen LogP contribution in [0.1, 0.15) is 75.1 Å². The Balaban J connectivity index is 1.81. The highest BCUT2D eigenvalue weighted by molar-refractivity contribution is 5.93. The molecular weight excluding hydrogens is 302 g/mol. The zero-order valence-electron chi connectivity index (χ0n) is 15.5. The van der Waals surface area contributed by atoms with E-state index in [0.29, 0.717) is 23.7 Å². The van der Waals surface area contributed by atoms with E-state index in [2.05, 4.69) is 41.3 Å².